The van der Waals surface area contributed by atoms with Gasteiger partial charge in [-0.1, -0.05) is 6.07 Å². The average Bonchev–Trinajstić information content (AvgIpc) is 2.96. The number of ether oxygens (including phenoxy) is 3. The molecule has 0 aliphatic rings. The van der Waals surface area contributed by atoms with Crippen molar-refractivity contribution in [2.45, 2.75) is 20.3 Å². The van der Waals surface area contributed by atoms with E-state index in [0.717, 1.165) is 16.2 Å². The van der Waals surface area contributed by atoms with Crippen molar-refractivity contribution in [3.8, 4) is 16.6 Å². The maximum Gasteiger partial charge on any atom is 0.224 e. The highest BCUT2D eigenvalue weighted by Gasteiger charge is 2.09. The number of methoxy groups -OCH3 is 1. The quantitative estimate of drug-likeness (QED) is 0.621. The molecule has 1 amide bonds. The van der Waals surface area contributed by atoms with Gasteiger partial charge in [0.2, 0.25) is 5.91 Å². The molecule has 0 atom stereocenters. The molecule has 0 fully saturated rings. The number of thiophene rings is 1. The fourth-order valence-electron chi connectivity index (χ4n) is 2.31. The van der Waals surface area contributed by atoms with Crippen LogP contribution in [0.2, 0.25) is 0 Å². The third-order valence-electron chi connectivity index (χ3n) is 3.87. The van der Waals surface area contributed by atoms with Crippen LogP contribution >= 0.6 is 11.3 Å². The first kappa shape index (κ1) is 20.1. The van der Waals surface area contributed by atoms with E-state index in [1.165, 1.54) is 5.56 Å². The van der Waals surface area contributed by atoms with Gasteiger partial charge in [0.05, 0.1) is 20.1 Å². The molecule has 2 aromatic rings. The van der Waals surface area contributed by atoms with Crippen LogP contribution in [0.1, 0.15) is 16.7 Å². The molecule has 1 aromatic carbocycles. The Balaban J connectivity index is 1.79. The lowest BCUT2D eigenvalue weighted by atomic mass is 10.1. The zero-order chi connectivity index (χ0) is 18.9. The first-order valence-corrected chi connectivity index (χ1v) is 9.37. The van der Waals surface area contributed by atoms with E-state index in [-0.39, 0.29) is 12.3 Å². The number of amides is 1. The van der Waals surface area contributed by atoms with E-state index < -0.39 is 0 Å². The smallest absolute Gasteiger partial charge is 0.224 e. The number of nitrogens with two attached hydrogens (primary N) is 1. The zero-order valence-electron chi connectivity index (χ0n) is 15.5. The van der Waals surface area contributed by atoms with Crippen LogP contribution in [0.5, 0.6) is 16.6 Å². The number of benzene rings is 1. The summed E-state index contributed by atoms with van der Waals surface area (Å²) in [5, 5.41) is 5.84. The molecule has 2 rings (SSSR count). The fourth-order valence-corrected chi connectivity index (χ4v) is 3.26. The van der Waals surface area contributed by atoms with Crippen molar-refractivity contribution >= 4 is 17.2 Å². The second kappa shape index (κ2) is 10.0. The van der Waals surface area contributed by atoms with E-state index in [1.807, 2.05) is 13.0 Å². The van der Waals surface area contributed by atoms with Gasteiger partial charge in [-0.3, -0.25) is 4.79 Å². The Morgan fingerprint density at radius 3 is 2.65 bits per heavy atom. The Morgan fingerprint density at radius 2 is 2.00 bits per heavy atom. The third kappa shape index (κ3) is 5.64. The van der Waals surface area contributed by atoms with E-state index in [1.54, 1.807) is 30.6 Å². The second-order valence-electron chi connectivity index (χ2n) is 5.83. The van der Waals surface area contributed by atoms with Crippen molar-refractivity contribution < 1.29 is 19.0 Å². The van der Waals surface area contributed by atoms with Gasteiger partial charge in [-0.25, -0.2) is 0 Å². The predicted molar refractivity (Wildman–Crippen MR) is 104 cm³/mol. The van der Waals surface area contributed by atoms with Crippen LogP contribution in [0.4, 0.5) is 0 Å². The molecule has 7 heteroatoms. The van der Waals surface area contributed by atoms with Crippen molar-refractivity contribution in [1.82, 2.24) is 5.32 Å². The molecule has 1 aromatic heterocycles. The lowest BCUT2D eigenvalue weighted by molar-refractivity contribution is -0.120. The number of rotatable bonds is 10. The summed E-state index contributed by atoms with van der Waals surface area (Å²) >= 11 is 1.58. The van der Waals surface area contributed by atoms with E-state index in [0.29, 0.717) is 37.8 Å². The van der Waals surface area contributed by atoms with Crippen LogP contribution in [0, 0.1) is 13.8 Å². The van der Waals surface area contributed by atoms with Crippen molar-refractivity contribution in [2.24, 2.45) is 5.73 Å². The molecule has 0 aliphatic carbocycles. The molecular formula is C19H26N2O4S. The number of nitrogens with one attached hydrogen (secondary N) is 1. The minimum absolute atomic E-state index is 0.0645. The molecule has 0 saturated heterocycles. The summed E-state index contributed by atoms with van der Waals surface area (Å²) in [6.45, 7) is 5.85. The van der Waals surface area contributed by atoms with Crippen molar-refractivity contribution in [3.05, 3.63) is 40.3 Å². The Kier molecular flexibility index (Phi) is 7.74. The molecule has 1 heterocycles. The number of hydrogen-bond acceptors (Lipinski definition) is 6. The zero-order valence-corrected chi connectivity index (χ0v) is 16.3. The fraction of sp³-hybridized carbons (Fsp3) is 0.421. The average molecular weight is 378 g/mol. The molecule has 6 nitrogen and oxygen atoms in total. The van der Waals surface area contributed by atoms with E-state index in [9.17, 15) is 4.79 Å². The third-order valence-corrected chi connectivity index (χ3v) is 4.98. The van der Waals surface area contributed by atoms with Crippen molar-refractivity contribution in [1.29, 1.82) is 0 Å². The number of carbonyl (C=O) groups is 1. The molecule has 0 spiro atoms. The van der Waals surface area contributed by atoms with Gasteiger partial charge in [0.15, 0.2) is 16.6 Å². The molecule has 0 aliphatic heterocycles. The maximum absolute atomic E-state index is 12.1. The van der Waals surface area contributed by atoms with E-state index in [4.69, 9.17) is 19.9 Å². The SMILES string of the molecule is COc1cc(CC(=O)NCCOc2scc(C)c2C)ccc1OCCN. The van der Waals surface area contributed by atoms with Crippen LogP contribution in [0.3, 0.4) is 0 Å². The largest absolute Gasteiger partial charge is 0.493 e. The Hall–Kier alpha value is -2.25. The predicted octanol–water partition coefficient (Wildman–Crippen LogP) is 2.45. The maximum atomic E-state index is 12.1. The van der Waals surface area contributed by atoms with Crippen molar-refractivity contribution in [2.75, 3.05) is 33.4 Å². The second-order valence-corrected chi connectivity index (χ2v) is 6.67. The van der Waals surface area contributed by atoms with E-state index in [2.05, 4.69) is 17.6 Å². The Labute approximate surface area is 158 Å². The molecule has 0 bridgehead atoms. The van der Waals surface area contributed by atoms with Gasteiger partial charge < -0.3 is 25.3 Å². The monoisotopic (exact) mass is 378 g/mol. The van der Waals surface area contributed by atoms with Gasteiger partial charge in [-0.15, -0.1) is 11.3 Å². The number of carbonyl (C=O) groups excluding carboxylic acids is 1. The molecule has 0 saturated carbocycles. The summed E-state index contributed by atoms with van der Waals surface area (Å²) in [6.07, 6.45) is 0.269. The van der Waals surface area contributed by atoms with Crippen LogP contribution in [-0.4, -0.2) is 39.3 Å². The molecule has 0 unspecified atom stereocenters. The van der Waals surface area contributed by atoms with E-state index >= 15 is 0 Å². The molecule has 26 heavy (non-hydrogen) atoms. The first-order chi connectivity index (χ1) is 12.5. The number of hydrogen-bond donors (Lipinski definition) is 2. The van der Waals surface area contributed by atoms with Gasteiger partial charge in [0.25, 0.3) is 0 Å². The van der Waals surface area contributed by atoms with Crippen LogP contribution in [0.15, 0.2) is 23.6 Å². The highest BCUT2D eigenvalue weighted by molar-refractivity contribution is 7.12. The minimum atomic E-state index is -0.0645. The minimum Gasteiger partial charge on any atom is -0.493 e. The highest BCUT2D eigenvalue weighted by Crippen LogP contribution is 2.29. The first-order valence-electron chi connectivity index (χ1n) is 8.49. The summed E-state index contributed by atoms with van der Waals surface area (Å²) in [7, 11) is 1.57. The lowest BCUT2D eigenvalue weighted by Gasteiger charge is -2.12. The summed E-state index contributed by atoms with van der Waals surface area (Å²) in [6, 6.07) is 5.45. The lowest BCUT2D eigenvalue weighted by Crippen LogP contribution is -2.29. The van der Waals surface area contributed by atoms with Gasteiger partial charge >= 0.3 is 0 Å². The van der Waals surface area contributed by atoms with Gasteiger partial charge in [0, 0.05) is 12.1 Å². The normalized spacial score (nSPS) is 10.5. The molecule has 3 N–H and O–H groups in total. The summed E-state index contributed by atoms with van der Waals surface area (Å²) in [4.78, 5) is 12.1. The summed E-state index contributed by atoms with van der Waals surface area (Å²) in [5.41, 5.74) is 8.67. The molecular weight excluding hydrogens is 352 g/mol. The summed E-state index contributed by atoms with van der Waals surface area (Å²) < 4.78 is 16.5. The van der Waals surface area contributed by atoms with Gasteiger partial charge in [0.1, 0.15) is 13.2 Å². The topological polar surface area (TPSA) is 82.8 Å². The highest BCUT2D eigenvalue weighted by atomic mass is 32.1. The van der Waals surface area contributed by atoms with Crippen molar-refractivity contribution in [3.63, 3.8) is 0 Å². The van der Waals surface area contributed by atoms with Crippen LogP contribution in [0.25, 0.3) is 0 Å². The number of aryl methyl sites for hydroxylation is 1. The molecule has 142 valence electrons. The van der Waals surface area contributed by atoms with Crippen LogP contribution in [-0.2, 0) is 11.2 Å². The Bertz CT molecular complexity index is 730. The van der Waals surface area contributed by atoms with Gasteiger partial charge in [-0.2, -0.15) is 0 Å². The van der Waals surface area contributed by atoms with Gasteiger partial charge in [-0.05, 0) is 42.5 Å². The Morgan fingerprint density at radius 1 is 1.19 bits per heavy atom. The summed E-state index contributed by atoms with van der Waals surface area (Å²) in [5.74, 6) is 1.15. The van der Waals surface area contributed by atoms with Crippen LogP contribution < -0.4 is 25.3 Å². The molecule has 0 radical (unpaired) electrons. The standard InChI is InChI=1S/C19H26N2O4S/c1-13-12-26-19(14(13)2)25-9-7-21-18(22)11-15-4-5-16(24-8-6-20)17(10-15)23-3/h4-5,10,12H,6-9,11,20H2,1-3H3,(H,21,22).